The van der Waals surface area contributed by atoms with Crippen molar-refractivity contribution in [2.24, 2.45) is 0 Å². The van der Waals surface area contributed by atoms with Gasteiger partial charge in [0.15, 0.2) is 0 Å². The number of aromatic nitrogens is 2. The zero-order chi connectivity index (χ0) is 17.2. The summed E-state index contributed by atoms with van der Waals surface area (Å²) in [7, 11) is 0. The lowest BCUT2D eigenvalue weighted by Gasteiger charge is -2.21. The highest BCUT2D eigenvalue weighted by Gasteiger charge is 2.20. The van der Waals surface area contributed by atoms with E-state index in [1.165, 1.54) is 23.3 Å². The maximum absolute atomic E-state index is 13.3. The molecular formula is C21H20FN3. The number of hydrogen-bond donors (Lipinski definition) is 2. The number of hydrogen-bond acceptors (Lipinski definition) is 2. The molecule has 0 saturated carbocycles. The van der Waals surface area contributed by atoms with Crippen LogP contribution in [0.25, 0.3) is 28.0 Å². The van der Waals surface area contributed by atoms with Gasteiger partial charge in [-0.05, 0) is 66.4 Å². The Morgan fingerprint density at radius 3 is 2.52 bits per heavy atom. The minimum atomic E-state index is -0.226. The van der Waals surface area contributed by atoms with E-state index in [1.54, 1.807) is 12.4 Å². The molecule has 0 amide bonds. The third-order valence-corrected chi connectivity index (χ3v) is 4.67. The van der Waals surface area contributed by atoms with E-state index in [9.17, 15) is 4.39 Å². The molecule has 1 unspecified atom stereocenters. The van der Waals surface area contributed by atoms with Crippen LogP contribution in [0.15, 0.2) is 61.1 Å². The van der Waals surface area contributed by atoms with Crippen molar-refractivity contribution in [2.75, 3.05) is 6.54 Å². The van der Waals surface area contributed by atoms with Gasteiger partial charge in [-0.3, -0.25) is 4.98 Å². The largest absolute Gasteiger partial charge is 0.360 e. The molecule has 1 aromatic carbocycles. The Morgan fingerprint density at radius 1 is 1.04 bits per heavy atom. The summed E-state index contributed by atoms with van der Waals surface area (Å²) in [5.74, 6) is -0.226. The van der Waals surface area contributed by atoms with Gasteiger partial charge < -0.3 is 10.3 Å². The first kappa shape index (κ1) is 15.8. The van der Waals surface area contributed by atoms with E-state index in [4.69, 9.17) is 0 Å². The van der Waals surface area contributed by atoms with Crippen LogP contribution in [0.1, 0.15) is 18.9 Å². The summed E-state index contributed by atoms with van der Waals surface area (Å²) in [4.78, 5) is 7.56. The van der Waals surface area contributed by atoms with Crippen LogP contribution in [0.4, 0.5) is 4.39 Å². The van der Waals surface area contributed by atoms with E-state index in [-0.39, 0.29) is 5.82 Å². The number of benzene rings is 1. The SMILES string of the molecule is CC1CC(c2c[nH]c(-c3ccc(F)cc3)c2-c2ccncc2)=CCN1. The minimum Gasteiger partial charge on any atom is -0.360 e. The van der Waals surface area contributed by atoms with Crippen LogP contribution in [-0.2, 0) is 0 Å². The molecule has 0 aliphatic carbocycles. The molecule has 126 valence electrons. The Bertz CT molecular complexity index is 895. The lowest BCUT2D eigenvalue weighted by Crippen LogP contribution is -2.29. The predicted octanol–water partition coefficient (Wildman–Crippen LogP) is 4.65. The van der Waals surface area contributed by atoms with Crippen LogP contribution < -0.4 is 5.32 Å². The summed E-state index contributed by atoms with van der Waals surface area (Å²) >= 11 is 0. The van der Waals surface area contributed by atoms with Crippen LogP contribution in [-0.4, -0.2) is 22.6 Å². The zero-order valence-corrected chi connectivity index (χ0v) is 14.1. The first-order valence-corrected chi connectivity index (χ1v) is 8.53. The Kier molecular flexibility index (Phi) is 4.20. The first-order chi connectivity index (χ1) is 12.2. The number of nitrogens with zero attached hydrogens (tertiary/aromatic N) is 1. The lowest BCUT2D eigenvalue weighted by molar-refractivity contribution is 0.579. The third-order valence-electron chi connectivity index (χ3n) is 4.67. The van der Waals surface area contributed by atoms with Crippen molar-refractivity contribution in [1.29, 1.82) is 0 Å². The zero-order valence-electron chi connectivity index (χ0n) is 14.1. The Morgan fingerprint density at radius 2 is 1.80 bits per heavy atom. The van der Waals surface area contributed by atoms with E-state index in [0.717, 1.165) is 35.3 Å². The normalized spacial score (nSPS) is 17.4. The highest BCUT2D eigenvalue weighted by Crippen LogP contribution is 2.39. The molecule has 1 aliphatic heterocycles. The van der Waals surface area contributed by atoms with Gasteiger partial charge in [0, 0.05) is 42.3 Å². The van der Waals surface area contributed by atoms with Crippen molar-refractivity contribution < 1.29 is 4.39 Å². The standard InChI is InChI=1S/C21H20FN3/c1-14-12-17(8-11-24-14)19-13-25-21(16-2-4-18(22)5-3-16)20(19)15-6-9-23-10-7-15/h2-10,13-14,24-25H,11-12H2,1H3. The van der Waals surface area contributed by atoms with E-state index in [2.05, 4.69) is 34.5 Å². The summed E-state index contributed by atoms with van der Waals surface area (Å²) < 4.78 is 13.3. The number of rotatable bonds is 3. The van der Waals surface area contributed by atoms with Crippen molar-refractivity contribution >= 4 is 5.57 Å². The molecule has 3 heterocycles. The Hall–Kier alpha value is -2.72. The molecule has 3 aromatic rings. The van der Waals surface area contributed by atoms with Crippen LogP contribution in [0.3, 0.4) is 0 Å². The number of H-pyrrole nitrogens is 1. The fraction of sp³-hybridized carbons (Fsp3) is 0.190. The highest BCUT2D eigenvalue weighted by atomic mass is 19.1. The van der Waals surface area contributed by atoms with Gasteiger partial charge in [-0.2, -0.15) is 0 Å². The highest BCUT2D eigenvalue weighted by molar-refractivity contribution is 5.91. The van der Waals surface area contributed by atoms with Gasteiger partial charge in [0.1, 0.15) is 5.82 Å². The van der Waals surface area contributed by atoms with E-state index in [1.807, 2.05) is 24.3 Å². The maximum Gasteiger partial charge on any atom is 0.123 e. The summed E-state index contributed by atoms with van der Waals surface area (Å²) in [6.45, 7) is 3.08. The molecule has 3 nitrogen and oxygen atoms in total. The summed E-state index contributed by atoms with van der Waals surface area (Å²) in [6, 6.07) is 11.1. The smallest absolute Gasteiger partial charge is 0.123 e. The van der Waals surface area contributed by atoms with Gasteiger partial charge in [-0.15, -0.1) is 0 Å². The van der Waals surface area contributed by atoms with E-state index >= 15 is 0 Å². The summed E-state index contributed by atoms with van der Waals surface area (Å²) in [5, 5.41) is 3.45. The maximum atomic E-state index is 13.3. The second-order valence-corrected chi connectivity index (χ2v) is 6.44. The molecule has 2 N–H and O–H groups in total. The predicted molar refractivity (Wildman–Crippen MR) is 99.5 cm³/mol. The molecule has 0 bridgehead atoms. The minimum absolute atomic E-state index is 0.226. The average Bonchev–Trinajstić information content (AvgIpc) is 3.08. The van der Waals surface area contributed by atoms with Gasteiger partial charge in [0.05, 0.1) is 5.69 Å². The van der Waals surface area contributed by atoms with Crippen LogP contribution >= 0.6 is 0 Å². The number of aromatic amines is 1. The monoisotopic (exact) mass is 333 g/mol. The van der Waals surface area contributed by atoms with Crippen molar-refractivity contribution in [3.05, 3.63) is 72.4 Å². The van der Waals surface area contributed by atoms with Crippen molar-refractivity contribution in [1.82, 2.24) is 15.3 Å². The number of pyridine rings is 1. The quantitative estimate of drug-likeness (QED) is 0.732. The molecule has 0 spiro atoms. The van der Waals surface area contributed by atoms with Crippen LogP contribution in [0, 0.1) is 5.82 Å². The van der Waals surface area contributed by atoms with Crippen molar-refractivity contribution in [3.63, 3.8) is 0 Å². The van der Waals surface area contributed by atoms with Gasteiger partial charge in [0.25, 0.3) is 0 Å². The van der Waals surface area contributed by atoms with E-state index in [0.29, 0.717) is 6.04 Å². The van der Waals surface area contributed by atoms with Crippen LogP contribution in [0.5, 0.6) is 0 Å². The van der Waals surface area contributed by atoms with E-state index < -0.39 is 0 Å². The molecule has 4 heteroatoms. The molecule has 4 rings (SSSR count). The molecular weight excluding hydrogens is 313 g/mol. The fourth-order valence-electron chi connectivity index (χ4n) is 3.43. The van der Waals surface area contributed by atoms with Gasteiger partial charge in [0.2, 0.25) is 0 Å². The first-order valence-electron chi connectivity index (χ1n) is 8.53. The lowest BCUT2D eigenvalue weighted by atomic mass is 9.90. The van der Waals surface area contributed by atoms with Gasteiger partial charge >= 0.3 is 0 Å². The van der Waals surface area contributed by atoms with Gasteiger partial charge in [-0.25, -0.2) is 4.39 Å². The Balaban J connectivity index is 1.88. The molecule has 0 saturated heterocycles. The third kappa shape index (κ3) is 3.13. The van der Waals surface area contributed by atoms with Crippen molar-refractivity contribution in [3.8, 4) is 22.4 Å². The molecule has 0 radical (unpaired) electrons. The average molecular weight is 333 g/mol. The molecule has 25 heavy (non-hydrogen) atoms. The summed E-state index contributed by atoms with van der Waals surface area (Å²) in [6.07, 6.45) is 8.92. The second kappa shape index (κ2) is 6.65. The number of nitrogens with one attached hydrogen (secondary N) is 2. The molecule has 1 atom stereocenters. The number of halogens is 1. The Labute approximate surface area is 146 Å². The topological polar surface area (TPSA) is 40.7 Å². The second-order valence-electron chi connectivity index (χ2n) is 6.44. The van der Waals surface area contributed by atoms with Crippen molar-refractivity contribution in [2.45, 2.75) is 19.4 Å². The van der Waals surface area contributed by atoms with Gasteiger partial charge in [-0.1, -0.05) is 6.08 Å². The molecule has 2 aromatic heterocycles. The summed E-state index contributed by atoms with van der Waals surface area (Å²) in [5.41, 5.74) is 6.78. The molecule has 1 aliphatic rings. The van der Waals surface area contributed by atoms with Crippen LogP contribution in [0.2, 0.25) is 0 Å². The molecule has 0 fully saturated rings. The fourth-order valence-corrected chi connectivity index (χ4v) is 3.43.